The van der Waals surface area contributed by atoms with E-state index in [9.17, 15) is 15.3 Å². The number of aromatic hydroxyl groups is 1. The Hall–Kier alpha value is -3.73. The average Bonchev–Trinajstić information content (AvgIpc) is 2.89. The molecule has 4 nitrogen and oxygen atoms in total. The lowest BCUT2D eigenvalue weighted by Gasteiger charge is -2.25. The molecule has 0 aliphatic heterocycles. The molecule has 172 valence electrons. The van der Waals surface area contributed by atoms with E-state index in [0.29, 0.717) is 12.8 Å². The largest absolute Gasteiger partial charge is 0.507 e. The zero-order chi connectivity index (χ0) is 23.9. The van der Waals surface area contributed by atoms with Gasteiger partial charge in [0.2, 0.25) is 0 Å². The highest BCUT2D eigenvalue weighted by Gasteiger charge is 2.25. The van der Waals surface area contributed by atoms with Gasteiger partial charge in [0, 0.05) is 17.5 Å². The molecule has 0 aliphatic carbocycles. The minimum Gasteiger partial charge on any atom is -0.507 e. The third kappa shape index (κ3) is 5.25. The zero-order valence-electron chi connectivity index (χ0n) is 19.0. The van der Waals surface area contributed by atoms with Crippen LogP contribution >= 0.6 is 0 Å². The number of pyridine rings is 1. The minimum atomic E-state index is -0.836. The fourth-order valence-corrected chi connectivity index (χ4v) is 4.31. The van der Waals surface area contributed by atoms with Crippen LogP contribution in [-0.2, 0) is 0 Å². The normalized spacial score (nSPS) is 14.5. The number of aromatic nitrogens is 1. The van der Waals surface area contributed by atoms with Crippen molar-refractivity contribution in [1.29, 1.82) is 0 Å². The van der Waals surface area contributed by atoms with E-state index in [1.807, 2.05) is 78.9 Å². The fourth-order valence-electron chi connectivity index (χ4n) is 4.31. The third-order valence-electron chi connectivity index (χ3n) is 6.19. The first kappa shape index (κ1) is 23.4. The second-order valence-corrected chi connectivity index (χ2v) is 8.38. The maximum absolute atomic E-state index is 11.0. The number of phenolic OH excluding ortho intramolecular Hbond substituents is 1. The summed E-state index contributed by atoms with van der Waals surface area (Å²) >= 11 is 0. The van der Waals surface area contributed by atoms with Gasteiger partial charge >= 0.3 is 0 Å². The van der Waals surface area contributed by atoms with Crippen molar-refractivity contribution in [2.45, 2.75) is 25.0 Å². The van der Waals surface area contributed by atoms with Gasteiger partial charge in [0.15, 0.2) is 0 Å². The smallest absolute Gasteiger partial charge is 0.123 e. The van der Waals surface area contributed by atoms with Gasteiger partial charge in [0.05, 0.1) is 17.9 Å². The molecule has 3 atom stereocenters. The van der Waals surface area contributed by atoms with Crippen molar-refractivity contribution in [3.63, 3.8) is 0 Å². The van der Waals surface area contributed by atoms with Crippen molar-refractivity contribution in [3.05, 3.63) is 121 Å². The van der Waals surface area contributed by atoms with Gasteiger partial charge in [-0.2, -0.15) is 0 Å². The van der Waals surface area contributed by atoms with Crippen LogP contribution in [0.2, 0.25) is 0 Å². The summed E-state index contributed by atoms with van der Waals surface area (Å²) in [6.45, 7) is 3.85. The summed E-state index contributed by atoms with van der Waals surface area (Å²) in [5, 5.41) is 33.8. The van der Waals surface area contributed by atoms with Crippen molar-refractivity contribution in [1.82, 2.24) is 4.98 Å². The van der Waals surface area contributed by atoms with Crippen molar-refractivity contribution in [2.75, 3.05) is 0 Å². The number of hydrogen-bond acceptors (Lipinski definition) is 4. The molecule has 34 heavy (non-hydrogen) atoms. The summed E-state index contributed by atoms with van der Waals surface area (Å²) in [5.74, 6) is -0.256. The number of benzene rings is 3. The van der Waals surface area contributed by atoms with E-state index in [0.717, 1.165) is 33.2 Å². The van der Waals surface area contributed by atoms with Gasteiger partial charge < -0.3 is 15.3 Å². The molecule has 0 radical (unpaired) electrons. The Morgan fingerprint density at radius 2 is 1.56 bits per heavy atom. The molecule has 3 aromatic carbocycles. The molecule has 0 amide bonds. The Morgan fingerprint density at radius 3 is 2.26 bits per heavy atom. The summed E-state index contributed by atoms with van der Waals surface area (Å²) in [5.41, 5.74) is 3.51. The maximum Gasteiger partial charge on any atom is 0.123 e. The molecular formula is C30H29NO3. The molecule has 0 spiro atoms. The number of rotatable bonds is 9. The van der Waals surface area contributed by atoms with Gasteiger partial charge in [-0.25, -0.2) is 0 Å². The summed E-state index contributed by atoms with van der Waals surface area (Å²) in [4.78, 5) is 4.53. The van der Waals surface area contributed by atoms with E-state index in [1.165, 1.54) is 0 Å². The van der Waals surface area contributed by atoms with Gasteiger partial charge in [-0.1, -0.05) is 72.8 Å². The van der Waals surface area contributed by atoms with Crippen LogP contribution in [0.1, 0.15) is 35.8 Å². The van der Waals surface area contributed by atoms with E-state index >= 15 is 0 Å². The topological polar surface area (TPSA) is 73.6 Å². The number of nitrogens with zero attached hydrogens (tertiary/aromatic N) is 1. The van der Waals surface area contributed by atoms with Crippen molar-refractivity contribution in [3.8, 4) is 5.75 Å². The highest BCUT2D eigenvalue weighted by atomic mass is 16.3. The highest BCUT2D eigenvalue weighted by molar-refractivity contribution is 5.98. The Labute approximate surface area is 200 Å². The standard InChI is InChI=1S/C30H29NO3/c1-2-24(30(34)21-10-4-3-5-11-21)28(32)18-16-23(27-14-8-9-19-31-27)20-22-15-17-29(33)26-13-7-6-12-25(22)26/h2-15,17,19-20,24,28,30,32-34H,1,16,18H2/b23-20-/t24-,28-,30-/m1/s1. The lowest BCUT2D eigenvalue weighted by atomic mass is 9.87. The van der Waals surface area contributed by atoms with Gasteiger partial charge in [-0.3, -0.25) is 4.98 Å². The Morgan fingerprint density at radius 1 is 0.853 bits per heavy atom. The van der Waals surface area contributed by atoms with Crippen LogP contribution in [0, 0.1) is 5.92 Å². The molecule has 4 heteroatoms. The van der Waals surface area contributed by atoms with E-state index in [2.05, 4.69) is 17.6 Å². The van der Waals surface area contributed by atoms with Crippen molar-refractivity contribution < 1.29 is 15.3 Å². The van der Waals surface area contributed by atoms with Gasteiger partial charge in [-0.05, 0) is 59.2 Å². The molecule has 1 heterocycles. The van der Waals surface area contributed by atoms with Crippen LogP contribution in [-0.4, -0.2) is 26.4 Å². The number of hydrogen-bond donors (Lipinski definition) is 3. The van der Waals surface area contributed by atoms with Crippen LogP contribution < -0.4 is 0 Å². The Bertz CT molecular complexity index is 1270. The average molecular weight is 452 g/mol. The molecule has 4 aromatic rings. The van der Waals surface area contributed by atoms with E-state index in [4.69, 9.17) is 0 Å². The lowest BCUT2D eigenvalue weighted by Crippen LogP contribution is -2.25. The summed E-state index contributed by atoms with van der Waals surface area (Å²) in [6.07, 6.45) is 4.81. The molecular weight excluding hydrogens is 422 g/mol. The minimum absolute atomic E-state index is 0.242. The Kier molecular flexibility index (Phi) is 7.53. The van der Waals surface area contributed by atoms with Crippen LogP contribution in [0.4, 0.5) is 0 Å². The maximum atomic E-state index is 11.0. The van der Waals surface area contributed by atoms with Crippen LogP contribution in [0.5, 0.6) is 5.75 Å². The van der Waals surface area contributed by atoms with E-state index in [1.54, 1.807) is 18.3 Å². The number of phenols is 1. The molecule has 1 aromatic heterocycles. The molecule has 4 rings (SSSR count). The predicted molar refractivity (Wildman–Crippen MR) is 138 cm³/mol. The van der Waals surface area contributed by atoms with E-state index < -0.39 is 18.1 Å². The monoisotopic (exact) mass is 451 g/mol. The molecule has 0 aliphatic rings. The fraction of sp³-hybridized carbons (Fsp3) is 0.167. The first-order valence-corrected chi connectivity index (χ1v) is 11.4. The second-order valence-electron chi connectivity index (χ2n) is 8.38. The predicted octanol–water partition coefficient (Wildman–Crippen LogP) is 6.16. The molecule has 0 fully saturated rings. The third-order valence-corrected chi connectivity index (χ3v) is 6.19. The summed E-state index contributed by atoms with van der Waals surface area (Å²) in [6, 6.07) is 26.4. The molecule has 0 bridgehead atoms. The van der Waals surface area contributed by atoms with E-state index in [-0.39, 0.29) is 5.75 Å². The van der Waals surface area contributed by atoms with Crippen LogP contribution in [0.25, 0.3) is 22.4 Å². The van der Waals surface area contributed by atoms with Crippen LogP contribution in [0.15, 0.2) is 104 Å². The molecule has 0 unspecified atom stereocenters. The first-order valence-electron chi connectivity index (χ1n) is 11.4. The highest BCUT2D eigenvalue weighted by Crippen LogP contribution is 2.33. The number of aliphatic hydroxyl groups is 2. The summed E-state index contributed by atoms with van der Waals surface area (Å²) < 4.78 is 0. The number of aliphatic hydroxyl groups excluding tert-OH is 2. The molecule has 3 N–H and O–H groups in total. The molecule has 0 saturated heterocycles. The van der Waals surface area contributed by atoms with Crippen molar-refractivity contribution >= 4 is 22.4 Å². The van der Waals surface area contributed by atoms with Crippen LogP contribution in [0.3, 0.4) is 0 Å². The zero-order valence-corrected chi connectivity index (χ0v) is 19.0. The lowest BCUT2D eigenvalue weighted by molar-refractivity contribution is 0.0325. The van der Waals surface area contributed by atoms with Crippen molar-refractivity contribution in [2.24, 2.45) is 5.92 Å². The number of fused-ring (bicyclic) bond motifs is 1. The number of allylic oxidation sites excluding steroid dienone is 1. The Balaban J connectivity index is 1.62. The van der Waals surface area contributed by atoms with Gasteiger partial charge in [-0.15, -0.1) is 6.58 Å². The SMILES string of the molecule is C=C[C@H]([C@H](O)CC/C(=C/c1ccc(O)c2ccccc12)c1ccccn1)[C@H](O)c1ccccc1. The van der Waals surface area contributed by atoms with Gasteiger partial charge in [0.25, 0.3) is 0 Å². The first-order chi connectivity index (χ1) is 16.6. The molecule has 0 saturated carbocycles. The second kappa shape index (κ2) is 10.9. The quantitative estimate of drug-likeness (QED) is 0.267. The van der Waals surface area contributed by atoms with Gasteiger partial charge in [0.1, 0.15) is 5.75 Å². The summed E-state index contributed by atoms with van der Waals surface area (Å²) in [7, 11) is 0.